The van der Waals surface area contributed by atoms with E-state index in [9.17, 15) is 4.79 Å². The molecule has 0 radical (unpaired) electrons. The van der Waals surface area contributed by atoms with E-state index in [4.69, 9.17) is 5.11 Å². The van der Waals surface area contributed by atoms with Crippen LogP contribution in [0.3, 0.4) is 0 Å². The lowest BCUT2D eigenvalue weighted by Gasteiger charge is -2.39. The third kappa shape index (κ3) is 3.28. The molecular formula is C16H23NO2. The second-order valence-corrected chi connectivity index (χ2v) is 6.36. The van der Waals surface area contributed by atoms with E-state index in [2.05, 4.69) is 25.8 Å². The Balaban J connectivity index is 2.10. The number of carbonyl (C=O) groups is 1. The van der Waals surface area contributed by atoms with E-state index >= 15 is 0 Å². The first-order chi connectivity index (χ1) is 8.89. The van der Waals surface area contributed by atoms with Crippen LogP contribution in [-0.4, -0.2) is 24.2 Å². The van der Waals surface area contributed by atoms with E-state index in [-0.39, 0.29) is 0 Å². The van der Waals surface area contributed by atoms with Crippen molar-refractivity contribution < 1.29 is 9.90 Å². The SMILES string of the molecule is CN(c1cccc(C(=O)O)c1)C1CCC(C)(C)CC1. The van der Waals surface area contributed by atoms with Crippen molar-refractivity contribution in [1.29, 1.82) is 0 Å². The Kier molecular flexibility index (Phi) is 3.83. The van der Waals surface area contributed by atoms with Crippen LogP contribution in [0, 0.1) is 5.41 Å². The first-order valence-corrected chi connectivity index (χ1v) is 6.95. The highest BCUT2D eigenvalue weighted by molar-refractivity contribution is 5.88. The number of hydrogen-bond donors (Lipinski definition) is 1. The summed E-state index contributed by atoms with van der Waals surface area (Å²) < 4.78 is 0. The molecule has 19 heavy (non-hydrogen) atoms. The average molecular weight is 261 g/mol. The molecule has 1 aromatic carbocycles. The highest BCUT2D eigenvalue weighted by Gasteiger charge is 2.29. The van der Waals surface area contributed by atoms with Crippen molar-refractivity contribution in [2.45, 2.75) is 45.6 Å². The molecule has 0 unspecified atom stereocenters. The highest BCUT2D eigenvalue weighted by Crippen LogP contribution is 2.37. The minimum Gasteiger partial charge on any atom is -0.478 e. The van der Waals surface area contributed by atoms with Crippen molar-refractivity contribution in [2.24, 2.45) is 5.41 Å². The van der Waals surface area contributed by atoms with Crippen molar-refractivity contribution in [1.82, 2.24) is 0 Å². The van der Waals surface area contributed by atoms with Crippen molar-refractivity contribution in [3.8, 4) is 0 Å². The summed E-state index contributed by atoms with van der Waals surface area (Å²) in [4.78, 5) is 13.3. The molecule has 0 amide bonds. The summed E-state index contributed by atoms with van der Waals surface area (Å²) in [7, 11) is 2.07. The molecule has 0 aliphatic heterocycles. The number of carboxylic acids is 1. The molecular weight excluding hydrogens is 238 g/mol. The fourth-order valence-corrected chi connectivity index (χ4v) is 2.84. The van der Waals surface area contributed by atoms with Crippen LogP contribution in [0.25, 0.3) is 0 Å². The van der Waals surface area contributed by atoms with Gasteiger partial charge in [-0.3, -0.25) is 0 Å². The van der Waals surface area contributed by atoms with Gasteiger partial charge in [0.25, 0.3) is 0 Å². The Morgan fingerprint density at radius 2 is 1.95 bits per heavy atom. The Morgan fingerprint density at radius 3 is 2.53 bits per heavy atom. The molecule has 1 aromatic rings. The lowest BCUT2D eigenvalue weighted by Crippen LogP contribution is -2.37. The zero-order valence-corrected chi connectivity index (χ0v) is 12.0. The van der Waals surface area contributed by atoms with Crippen molar-refractivity contribution in [3.63, 3.8) is 0 Å². The van der Waals surface area contributed by atoms with Gasteiger partial charge in [-0.1, -0.05) is 19.9 Å². The van der Waals surface area contributed by atoms with Crippen LogP contribution in [0.15, 0.2) is 24.3 Å². The molecule has 1 N–H and O–H groups in total. The fourth-order valence-electron chi connectivity index (χ4n) is 2.84. The van der Waals surface area contributed by atoms with Gasteiger partial charge >= 0.3 is 5.97 Å². The first-order valence-electron chi connectivity index (χ1n) is 6.95. The van der Waals surface area contributed by atoms with E-state index in [0.29, 0.717) is 17.0 Å². The van der Waals surface area contributed by atoms with Crippen LogP contribution < -0.4 is 4.90 Å². The second-order valence-electron chi connectivity index (χ2n) is 6.36. The monoisotopic (exact) mass is 261 g/mol. The summed E-state index contributed by atoms with van der Waals surface area (Å²) in [6.45, 7) is 4.66. The number of nitrogens with zero attached hydrogens (tertiary/aromatic N) is 1. The van der Waals surface area contributed by atoms with Crippen LogP contribution in [0.2, 0.25) is 0 Å². The number of anilines is 1. The molecule has 1 aliphatic rings. The summed E-state index contributed by atoms with van der Waals surface area (Å²) in [6, 6.07) is 7.75. The minimum absolute atomic E-state index is 0.362. The van der Waals surface area contributed by atoms with Gasteiger partial charge in [-0.25, -0.2) is 4.79 Å². The van der Waals surface area contributed by atoms with Gasteiger partial charge in [0, 0.05) is 18.8 Å². The van der Waals surface area contributed by atoms with E-state index in [1.165, 1.54) is 25.7 Å². The Hall–Kier alpha value is -1.51. The third-order valence-electron chi connectivity index (χ3n) is 4.36. The van der Waals surface area contributed by atoms with Gasteiger partial charge < -0.3 is 10.0 Å². The number of aromatic carboxylic acids is 1. The predicted octanol–water partition coefficient (Wildman–Crippen LogP) is 3.79. The van der Waals surface area contributed by atoms with Gasteiger partial charge in [0.1, 0.15) is 0 Å². The number of hydrogen-bond acceptors (Lipinski definition) is 2. The van der Waals surface area contributed by atoms with Crippen LogP contribution in [-0.2, 0) is 0 Å². The molecule has 0 spiro atoms. The number of rotatable bonds is 3. The molecule has 0 bridgehead atoms. The number of benzene rings is 1. The molecule has 1 saturated carbocycles. The Morgan fingerprint density at radius 1 is 1.32 bits per heavy atom. The molecule has 0 aromatic heterocycles. The second kappa shape index (κ2) is 5.24. The maximum absolute atomic E-state index is 11.0. The van der Waals surface area contributed by atoms with Gasteiger partial charge in [-0.2, -0.15) is 0 Å². The largest absolute Gasteiger partial charge is 0.478 e. The van der Waals surface area contributed by atoms with Crippen LogP contribution in [0.4, 0.5) is 5.69 Å². The molecule has 1 aliphatic carbocycles. The average Bonchev–Trinajstić information content (AvgIpc) is 2.38. The van der Waals surface area contributed by atoms with Gasteiger partial charge in [-0.05, 0) is 49.3 Å². The normalized spacial score (nSPS) is 19.1. The maximum atomic E-state index is 11.0. The summed E-state index contributed by atoms with van der Waals surface area (Å²) in [6.07, 6.45) is 4.84. The van der Waals surface area contributed by atoms with Crippen molar-refractivity contribution >= 4 is 11.7 Å². The zero-order chi connectivity index (χ0) is 14.0. The third-order valence-corrected chi connectivity index (χ3v) is 4.36. The lowest BCUT2D eigenvalue weighted by atomic mass is 9.75. The molecule has 3 heteroatoms. The maximum Gasteiger partial charge on any atom is 0.335 e. The summed E-state index contributed by atoms with van der Waals surface area (Å²) in [5.74, 6) is -0.861. The Bertz CT molecular complexity index is 458. The quantitative estimate of drug-likeness (QED) is 0.900. The van der Waals surface area contributed by atoms with Gasteiger partial charge in [0.2, 0.25) is 0 Å². The smallest absolute Gasteiger partial charge is 0.335 e. The highest BCUT2D eigenvalue weighted by atomic mass is 16.4. The molecule has 0 atom stereocenters. The molecule has 0 heterocycles. The first kappa shape index (κ1) is 13.9. The summed E-state index contributed by atoms with van der Waals surface area (Å²) in [5, 5.41) is 9.05. The van der Waals surface area contributed by atoms with Crippen molar-refractivity contribution in [3.05, 3.63) is 29.8 Å². The summed E-state index contributed by atoms with van der Waals surface area (Å²) >= 11 is 0. The van der Waals surface area contributed by atoms with Crippen molar-refractivity contribution in [2.75, 3.05) is 11.9 Å². The van der Waals surface area contributed by atoms with Gasteiger partial charge in [0.15, 0.2) is 0 Å². The predicted molar refractivity (Wildman–Crippen MR) is 77.8 cm³/mol. The zero-order valence-electron chi connectivity index (χ0n) is 12.0. The Labute approximate surface area is 115 Å². The van der Waals surface area contributed by atoms with Gasteiger partial charge in [0.05, 0.1) is 5.56 Å². The molecule has 104 valence electrons. The van der Waals surface area contributed by atoms with E-state index in [1.54, 1.807) is 12.1 Å². The van der Waals surface area contributed by atoms with Gasteiger partial charge in [-0.15, -0.1) is 0 Å². The summed E-state index contributed by atoms with van der Waals surface area (Å²) in [5.41, 5.74) is 1.82. The topological polar surface area (TPSA) is 40.5 Å². The molecule has 1 fully saturated rings. The molecule has 3 nitrogen and oxygen atoms in total. The van der Waals surface area contributed by atoms with E-state index in [0.717, 1.165) is 5.69 Å². The fraction of sp³-hybridized carbons (Fsp3) is 0.562. The van der Waals surface area contributed by atoms with E-state index in [1.807, 2.05) is 12.1 Å². The standard InChI is InChI=1S/C16H23NO2/c1-16(2)9-7-13(8-10-16)17(3)14-6-4-5-12(11-14)15(18)19/h4-6,11,13H,7-10H2,1-3H3,(H,18,19). The van der Waals surface area contributed by atoms with Crippen LogP contribution >= 0.6 is 0 Å². The molecule has 0 saturated heterocycles. The minimum atomic E-state index is -0.861. The lowest BCUT2D eigenvalue weighted by molar-refractivity contribution is 0.0697. The van der Waals surface area contributed by atoms with Crippen LogP contribution in [0.1, 0.15) is 49.9 Å². The van der Waals surface area contributed by atoms with E-state index < -0.39 is 5.97 Å². The molecule has 2 rings (SSSR count). The number of carboxylic acid groups (broad SMARTS) is 1. The van der Waals surface area contributed by atoms with Crippen LogP contribution in [0.5, 0.6) is 0 Å².